The molecule has 1 fully saturated rings. The summed E-state index contributed by atoms with van der Waals surface area (Å²) in [6, 6.07) is 20.8. The Hall–Kier alpha value is -2.99. The zero-order chi connectivity index (χ0) is 25.8. The van der Waals surface area contributed by atoms with E-state index < -0.39 is 10.0 Å². The lowest BCUT2D eigenvalue weighted by atomic mass is 10.2. The lowest BCUT2D eigenvalue weighted by Gasteiger charge is -2.34. The van der Waals surface area contributed by atoms with Gasteiger partial charge in [-0.25, -0.2) is 13.4 Å². The molecular formula is C26H26BrN5O3S2. The number of piperazine rings is 1. The van der Waals surface area contributed by atoms with Gasteiger partial charge in [-0.3, -0.25) is 14.4 Å². The average Bonchev–Trinajstić information content (AvgIpc) is 3.33. The van der Waals surface area contributed by atoms with Crippen LogP contribution in [0, 0.1) is 0 Å². The van der Waals surface area contributed by atoms with Crippen LogP contribution < -0.4 is 14.9 Å². The molecule has 1 saturated heterocycles. The molecule has 0 aliphatic carbocycles. The number of halogens is 1. The van der Waals surface area contributed by atoms with Crippen molar-refractivity contribution in [1.29, 1.82) is 0 Å². The normalized spacial score (nSPS) is 14.6. The zero-order valence-corrected chi connectivity index (χ0v) is 23.2. The fourth-order valence-electron chi connectivity index (χ4n) is 4.15. The van der Waals surface area contributed by atoms with Crippen LogP contribution in [0.2, 0.25) is 0 Å². The van der Waals surface area contributed by atoms with E-state index >= 15 is 0 Å². The number of amides is 1. The van der Waals surface area contributed by atoms with Crippen LogP contribution in [0.25, 0.3) is 10.2 Å². The second-order valence-electron chi connectivity index (χ2n) is 8.69. The van der Waals surface area contributed by atoms with Gasteiger partial charge in [0.15, 0.2) is 5.13 Å². The molecule has 11 heteroatoms. The first-order chi connectivity index (χ1) is 17.9. The van der Waals surface area contributed by atoms with Gasteiger partial charge < -0.3 is 10.2 Å². The SMILES string of the molecule is O=C(NCCN1CCN(c2nc3ccc(Br)cc3s2)CC1)c1cccc(NS(=O)(=O)c2ccccc2)c1. The fraction of sp³-hybridized carbons (Fsp3) is 0.231. The molecule has 4 aromatic rings. The van der Waals surface area contributed by atoms with Crippen LogP contribution in [0.3, 0.4) is 0 Å². The average molecular weight is 601 g/mol. The smallest absolute Gasteiger partial charge is 0.261 e. The van der Waals surface area contributed by atoms with Crippen molar-refractivity contribution in [3.63, 3.8) is 0 Å². The Bertz CT molecular complexity index is 1500. The zero-order valence-electron chi connectivity index (χ0n) is 19.9. The Labute approximate surface area is 228 Å². The van der Waals surface area contributed by atoms with Gasteiger partial charge in [0.25, 0.3) is 15.9 Å². The van der Waals surface area contributed by atoms with E-state index in [0.29, 0.717) is 17.8 Å². The summed E-state index contributed by atoms with van der Waals surface area (Å²) >= 11 is 5.23. The Kier molecular flexibility index (Phi) is 7.75. The predicted octanol–water partition coefficient (Wildman–Crippen LogP) is 4.41. The van der Waals surface area contributed by atoms with E-state index in [1.165, 1.54) is 16.8 Å². The monoisotopic (exact) mass is 599 g/mol. The van der Waals surface area contributed by atoms with Gasteiger partial charge in [0.2, 0.25) is 0 Å². The van der Waals surface area contributed by atoms with E-state index in [1.807, 2.05) is 12.1 Å². The molecule has 1 aliphatic rings. The van der Waals surface area contributed by atoms with Crippen LogP contribution in [-0.4, -0.2) is 63.5 Å². The van der Waals surface area contributed by atoms with Crippen molar-refractivity contribution in [3.8, 4) is 0 Å². The minimum Gasteiger partial charge on any atom is -0.351 e. The maximum absolute atomic E-state index is 12.7. The second-order valence-corrected chi connectivity index (χ2v) is 12.3. The number of nitrogens with one attached hydrogen (secondary N) is 2. The number of anilines is 2. The summed E-state index contributed by atoms with van der Waals surface area (Å²) < 4.78 is 29.9. The molecule has 0 saturated carbocycles. The van der Waals surface area contributed by atoms with Crippen molar-refractivity contribution in [2.75, 3.05) is 48.9 Å². The third kappa shape index (κ3) is 6.30. The molecule has 8 nitrogen and oxygen atoms in total. The fourth-order valence-corrected chi connectivity index (χ4v) is 6.79. The highest BCUT2D eigenvalue weighted by molar-refractivity contribution is 9.10. The highest BCUT2D eigenvalue weighted by Gasteiger charge is 2.20. The molecule has 37 heavy (non-hydrogen) atoms. The molecule has 0 atom stereocenters. The van der Waals surface area contributed by atoms with Gasteiger partial charge in [-0.05, 0) is 48.5 Å². The number of fused-ring (bicyclic) bond motifs is 1. The summed E-state index contributed by atoms with van der Waals surface area (Å²) in [5, 5.41) is 3.99. The number of sulfonamides is 1. The largest absolute Gasteiger partial charge is 0.351 e. The minimum atomic E-state index is -3.72. The number of rotatable bonds is 8. The number of carbonyl (C=O) groups is 1. The van der Waals surface area contributed by atoms with Crippen LogP contribution in [0.4, 0.5) is 10.8 Å². The summed E-state index contributed by atoms with van der Waals surface area (Å²) in [7, 11) is -3.72. The number of aromatic nitrogens is 1. The molecule has 0 radical (unpaired) electrons. The molecule has 2 heterocycles. The van der Waals surface area contributed by atoms with E-state index in [0.717, 1.165) is 47.8 Å². The molecule has 192 valence electrons. The van der Waals surface area contributed by atoms with Crippen LogP contribution >= 0.6 is 27.3 Å². The Morgan fingerprint density at radius 3 is 2.54 bits per heavy atom. The van der Waals surface area contributed by atoms with Gasteiger partial charge in [-0.15, -0.1) is 0 Å². The summed E-state index contributed by atoms with van der Waals surface area (Å²) in [4.78, 5) is 22.3. The number of hydrogen-bond acceptors (Lipinski definition) is 7. The number of hydrogen-bond donors (Lipinski definition) is 2. The van der Waals surface area contributed by atoms with Gasteiger partial charge in [0.05, 0.1) is 15.1 Å². The van der Waals surface area contributed by atoms with Crippen molar-refractivity contribution in [2.24, 2.45) is 0 Å². The second kappa shape index (κ2) is 11.2. The Morgan fingerprint density at radius 2 is 1.76 bits per heavy atom. The number of benzene rings is 3. The van der Waals surface area contributed by atoms with Crippen molar-refractivity contribution < 1.29 is 13.2 Å². The van der Waals surface area contributed by atoms with Crippen molar-refractivity contribution in [2.45, 2.75) is 4.90 Å². The maximum atomic E-state index is 12.7. The summed E-state index contributed by atoms with van der Waals surface area (Å²) in [5.41, 5.74) is 1.76. The lowest BCUT2D eigenvalue weighted by Crippen LogP contribution is -2.48. The van der Waals surface area contributed by atoms with Gasteiger partial charge in [0, 0.05) is 55.0 Å². The molecule has 0 bridgehead atoms. The molecule has 3 aromatic carbocycles. The summed E-state index contributed by atoms with van der Waals surface area (Å²) in [6.45, 7) is 4.82. The predicted molar refractivity (Wildman–Crippen MR) is 152 cm³/mol. The van der Waals surface area contributed by atoms with Crippen LogP contribution in [0.15, 0.2) is 82.2 Å². The first-order valence-electron chi connectivity index (χ1n) is 11.9. The highest BCUT2D eigenvalue weighted by Crippen LogP contribution is 2.31. The molecule has 1 aromatic heterocycles. The number of carbonyl (C=O) groups excluding carboxylic acids is 1. The van der Waals surface area contributed by atoms with Crippen LogP contribution in [0.1, 0.15) is 10.4 Å². The molecule has 2 N–H and O–H groups in total. The third-order valence-corrected chi connectivity index (χ3v) is 9.10. The van der Waals surface area contributed by atoms with Crippen LogP contribution in [-0.2, 0) is 10.0 Å². The number of nitrogens with zero attached hydrogens (tertiary/aromatic N) is 3. The molecule has 1 amide bonds. The van der Waals surface area contributed by atoms with E-state index in [-0.39, 0.29) is 10.8 Å². The van der Waals surface area contributed by atoms with Gasteiger partial charge >= 0.3 is 0 Å². The molecular weight excluding hydrogens is 574 g/mol. The van der Waals surface area contributed by atoms with Gasteiger partial charge in [-0.1, -0.05) is 51.5 Å². The molecule has 0 unspecified atom stereocenters. The Balaban J connectivity index is 1.10. The van der Waals surface area contributed by atoms with Crippen molar-refractivity contribution >= 4 is 64.2 Å². The van der Waals surface area contributed by atoms with Gasteiger partial charge in [0.1, 0.15) is 0 Å². The third-order valence-electron chi connectivity index (χ3n) is 6.13. The Morgan fingerprint density at radius 1 is 0.973 bits per heavy atom. The van der Waals surface area contributed by atoms with E-state index in [1.54, 1.807) is 53.8 Å². The first-order valence-corrected chi connectivity index (χ1v) is 15.0. The first kappa shape index (κ1) is 25.7. The maximum Gasteiger partial charge on any atom is 0.261 e. The van der Waals surface area contributed by atoms with Crippen molar-refractivity contribution in [3.05, 3.63) is 82.8 Å². The number of thiazole rings is 1. The van der Waals surface area contributed by atoms with E-state index in [9.17, 15) is 13.2 Å². The standard InChI is InChI=1S/C26H26BrN5O3S2/c27-20-9-10-23-24(18-20)36-26(29-23)32-15-13-31(14-16-32)12-11-28-25(33)19-5-4-6-21(17-19)30-37(34,35)22-7-2-1-3-8-22/h1-10,17-18,30H,11-16H2,(H,28,33). The van der Waals surface area contributed by atoms with Crippen molar-refractivity contribution in [1.82, 2.24) is 15.2 Å². The topological polar surface area (TPSA) is 94.6 Å². The van der Waals surface area contributed by atoms with E-state index in [2.05, 4.69) is 41.8 Å². The van der Waals surface area contributed by atoms with E-state index in [4.69, 9.17) is 4.98 Å². The van der Waals surface area contributed by atoms with Crippen LogP contribution in [0.5, 0.6) is 0 Å². The molecule has 1 aliphatic heterocycles. The molecule has 5 rings (SSSR count). The molecule has 0 spiro atoms. The highest BCUT2D eigenvalue weighted by atomic mass is 79.9. The quantitative estimate of drug-likeness (QED) is 0.311. The van der Waals surface area contributed by atoms with Gasteiger partial charge in [-0.2, -0.15) is 0 Å². The summed E-state index contributed by atoms with van der Waals surface area (Å²) in [5.74, 6) is -0.236. The summed E-state index contributed by atoms with van der Waals surface area (Å²) in [6.07, 6.45) is 0. The minimum absolute atomic E-state index is 0.168. The lowest BCUT2D eigenvalue weighted by molar-refractivity contribution is 0.0948.